The molecule has 1 fully saturated rings. The summed E-state index contributed by atoms with van der Waals surface area (Å²) in [4.78, 5) is 16.9. The Morgan fingerprint density at radius 1 is 0.906 bits per heavy atom. The van der Waals surface area contributed by atoms with Crippen LogP contribution in [0.25, 0.3) is 22.0 Å². The van der Waals surface area contributed by atoms with E-state index >= 15 is 0 Å². The molecule has 160 valence electrons. The van der Waals surface area contributed by atoms with Crippen molar-refractivity contribution in [2.24, 2.45) is 0 Å². The fraction of sp³-hybridized carbons (Fsp3) is 0.192. The molecule has 1 aromatic heterocycles. The maximum Gasteiger partial charge on any atom is 0.253 e. The van der Waals surface area contributed by atoms with Gasteiger partial charge in [0, 0.05) is 47.6 Å². The molecule has 0 aliphatic carbocycles. The van der Waals surface area contributed by atoms with Gasteiger partial charge in [-0.15, -0.1) is 10.2 Å². The molecule has 1 saturated heterocycles. The fourth-order valence-corrected chi connectivity index (χ4v) is 4.35. The van der Waals surface area contributed by atoms with Gasteiger partial charge in [-0.1, -0.05) is 48.5 Å². The van der Waals surface area contributed by atoms with Crippen LogP contribution < -0.4 is 4.90 Å². The minimum absolute atomic E-state index is 0.0137. The smallest absolute Gasteiger partial charge is 0.253 e. The van der Waals surface area contributed by atoms with Crippen molar-refractivity contribution in [2.45, 2.75) is 13.0 Å². The zero-order chi connectivity index (χ0) is 22.1. The third kappa shape index (κ3) is 3.68. The van der Waals surface area contributed by atoms with Crippen LogP contribution in [0, 0.1) is 5.82 Å². The summed E-state index contributed by atoms with van der Waals surface area (Å²) in [6.45, 7) is 3.79. The molecular weight excluding hydrogens is 403 g/mol. The van der Waals surface area contributed by atoms with Gasteiger partial charge < -0.3 is 9.80 Å². The van der Waals surface area contributed by atoms with E-state index in [-0.39, 0.29) is 17.8 Å². The largest absolute Gasteiger partial charge is 0.348 e. The van der Waals surface area contributed by atoms with Gasteiger partial charge in [-0.2, -0.15) is 0 Å². The van der Waals surface area contributed by atoms with Gasteiger partial charge in [0.15, 0.2) is 5.82 Å². The van der Waals surface area contributed by atoms with Crippen LogP contribution in [0.3, 0.4) is 0 Å². The lowest BCUT2D eigenvalue weighted by Crippen LogP contribution is -2.54. The number of halogens is 1. The molecule has 6 heteroatoms. The third-order valence-electron chi connectivity index (χ3n) is 5.98. The van der Waals surface area contributed by atoms with Gasteiger partial charge in [0.2, 0.25) is 0 Å². The number of carbonyl (C=O) groups is 1. The fourth-order valence-electron chi connectivity index (χ4n) is 4.35. The van der Waals surface area contributed by atoms with Crippen LogP contribution in [-0.4, -0.2) is 46.7 Å². The first-order chi connectivity index (χ1) is 15.6. The highest BCUT2D eigenvalue weighted by Crippen LogP contribution is 2.33. The maximum atomic E-state index is 14.3. The van der Waals surface area contributed by atoms with E-state index in [4.69, 9.17) is 0 Å². The number of piperazine rings is 1. The second kappa shape index (κ2) is 8.38. The van der Waals surface area contributed by atoms with Gasteiger partial charge in [-0.05, 0) is 37.3 Å². The third-order valence-corrected chi connectivity index (χ3v) is 5.98. The molecule has 3 aromatic carbocycles. The molecule has 1 aliphatic heterocycles. The maximum absolute atomic E-state index is 14.3. The van der Waals surface area contributed by atoms with Gasteiger partial charge in [-0.3, -0.25) is 4.79 Å². The van der Waals surface area contributed by atoms with Crippen molar-refractivity contribution < 1.29 is 9.18 Å². The van der Waals surface area contributed by atoms with Crippen molar-refractivity contribution in [2.75, 3.05) is 24.5 Å². The molecule has 1 aliphatic rings. The van der Waals surface area contributed by atoms with Crippen LogP contribution in [0.1, 0.15) is 17.3 Å². The lowest BCUT2D eigenvalue weighted by Gasteiger charge is -2.40. The molecule has 0 bridgehead atoms. The topological polar surface area (TPSA) is 49.3 Å². The quantitative estimate of drug-likeness (QED) is 0.473. The standard InChI is InChI=1S/C26H23FN4O/c1-18-17-30(26(32)20-10-6-3-7-11-20)14-15-31(18)25-23-16-21(27)12-13-22(23)24(28-29-25)19-8-4-2-5-9-19/h2-13,16,18H,14-15,17H2,1H3/t18-/m1/s1. The summed E-state index contributed by atoms with van der Waals surface area (Å²) in [7, 11) is 0. The van der Waals surface area contributed by atoms with Gasteiger partial charge in [-0.25, -0.2) is 4.39 Å². The molecule has 0 spiro atoms. The van der Waals surface area contributed by atoms with E-state index in [2.05, 4.69) is 22.0 Å². The molecule has 0 N–H and O–H groups in total. The van der Waals surface area contributed by atoms with E-state index in [1.54, 1.807) is 6.07 Å². The molecule has 2 heterocycles. The normalized spacial score (nSPS) is 16.4. The Morgan fingerprint density at radius 2 is 1.62 bits per heavy atom. The number of aromatic nitrogens is 2. The molecule has 1 amide bonds. The summed E-state index contributed by atoms with van der Waals surface area (Å²) in [6, 6.07) is 23.9. The molecule has 0 radical (unpaired) electrons. The Bertz CT molecular complexity index is 1260. The zero-order valence-corrected chi connectivity index (χ0v) is 17.8. The van der Waals surface area contributed by atoms with Gasteiger partial charge in [0.25, 0.3) is 5.91 Å². The van der Waals surface area contributed by atoms with Crippen LogP contribution in [-0.2, 0) is 0 Å². The first-order valence-electron chi connectivity index (χ1n) is 10.7. The van der Waals surface area contributed by atoms with Crippen molar-refractivity contribution in [1.82, 2.24) is 15.1 Å². The van der Waals surface area contributed by atoms with Crippen LogP contribution in [0.4, 0.5) is 10.2 Å². The highest BCUT2D eigenvalue weighted by molar-refractivity contribution is 6.00. The van der Waals surface area contributed by atoms with Crippen molar-refractivity contribution >= 4 is 22.5 Å². The van der Waals surface area contributed by atoms with Crippen LogP contribution in [0.5, 0.6) is 0 Å². The van der Waals surface area contributed by atoms with Gasteiger partial charge in [0.1, 0.15) is 11.5 Å². The Morgan fingerprint density at radius 3 is 2.34 bits per heavy atom. The molecule has 32 heavy (non-hydrogen) atoms. The van der Waals surface area contributed by atoms with E-state index in [0.717, 1.165) is 22.0 Å². The van der Waals surface area contributed by atoms with Crippen molar-refractivity contribution in [3.05, 3.63) is 90.2 Å². The van der Waals surface area contributed by atoms with Crippen LogP contribution in [0.2, 0.25) is 0 Å². The minimum atomic E-state index is -0.309. The molecule has 4 aromatic rings. The number of amides is 1. The highest BCUT2D eigenvalue weighted by Gasteiger charge is 2.29. The average molecular weight is 426 g/mol. The summed E-state index contributed by atoms with van der Waals surface area (Å²) < 4.78 is 14.3. The Balaban J connectivity index is 1.48. The molecule has 1 atom stereocenters. The highest BCUT2D eigenvalue weighted by atomic mass is 19.1. The molecule has 0 saturated carbocycles. The van der Waals surface area contributed by atoms with E-state index in [1.165, 1.54) is 12.1 Å². The zero-order valence-electron chi connectivity index (χ0n) is 17.8. The predicted molar refractivity (Wildman–Crippen MR) is 124 cm³/mol. The van der Waals surface area contributed by atoms with Gasteiger partial charge in [0.05, 0.1) is 0 Å². The molecule has 5 rings (SSSR count). The number of carbonyl (C=O) groups excluding carboxylic acids is 1. The second-order valence-corrected chi connectivity index (χ2v) is 8.09. The number of benzene rings is 3. The van der Waals surface area contributed by atoms with E-state index in [1.807, 2.05) is 65.6 Å². The molecular formula is C26H23FN4O. The average Bonchev–Trinajstić information content (AvgIpc) is 2.84. The first kappa shape index (κ1) is 20.1. The summed E-state index contributed by atoms with van der Waals surface area (Å²) in [5.41, 5.74) is 2.36. The lowest BCUT2D eigenvalue weighted by molar-refractivity contribution is 0.0726. The van der Waals surface area contributed by atoms with Crippen molar-refractivity contribution in [1.29, 1.82) is 0 Å². The second-order valence-electron chi connectivity index (χ2n) is 8.09. The number of rotatable bonds is 3. The van der Waals surface area contributed by atoms with E-state index in [9.17, 15) is 9.18 Å². The molecule has 5 nitrogen and oxygen atoms in total. The van der Waals surface area contributed by atoms with Crippen LogP contribution >= 0.6 is 0 Å². The predicted octanol–water partition coefficient (Wildman–Crippen LogP) is 4.79. The Hall–Kier alpha value is -3.80. The number of nitrogens with zero attached hydrogens (tertiary/aromatic N) is 4. The van der Waals surface area contributed by atoms with Crippen molar-refractivity contribution in [3.8, 4) is 11.3 Å². The SMILES string of the molecule is C[C@@H]1CN(C(=O)c2ccccc2)CCN1c1nnc(-c2ccccc2)c2ccc(F)cc12. The van der Waals surface area contributed by atoms with E-state index < -0.39 is 0 Å². The number of fused-ring (bicyclic) bond motifs is 1. The first-order valence-corrected chi connectivity index (χ1v) is 10.7. The summed E-state index contributed by atoms with van der Waals surface area (Å²) in [5, 5.41) is 10.6. The Kier molecular flexibility index (Phi) is 5.27. The summed E-state index contributed by atoms with van der Waals surface area (Å²) >= 11 is 0. The summed E-state index contributed by atoms with van der Waals surface area (Å²) in [5.74, 6) is 0.369. The van der Waals surface area contributed by atoms with Crippen molar-refractivity contribution in [3.63, 3.8) is 0 Å². The monoisotopic (exact) mass is 426 g/mol. The molecule has 0 unspecified atom stereocenters. The van der Waals surface area contributed by atoms with E-state index in [0.29, 0.717) is 31.0 Å². The number of anilines is 1. The minimum Gasteiger partial charge on any atom is -0.348 e. The van der Waals surface area contributed by atoms with Gasteiger partial charge >= 0.3 is 0 Å². The van der Waals surface area contributed by atoms with Crippen LogP contribution in [0.15, 0.2) is 78.9 Å². The lowest BCUT2D eigenvalue weighted by atomic mass is 10.0. The number of hydrogen-bond donors (Lipinski definition) is 0. The Labute approximate surface area is 186 Å². The number of hydrogen-bond acceptors (Lipinski definition) is 4. The summed E-state index contributed by atoms with van der Waals surface area (Å²) in [6.07, 6.45) is 0.